The molecule has 0 aromatic heterocycles. The van der Waals surface area contributed by atoms with Crippen LogP contribution in [0.25, 0.3) is 0 Å². The van der Waals surface area contributed by atoms with E-state index in [1.54, 1.807) is 0 Å². The highest BCUT2D eigenvalue weighted by molar-refractivity contribution is 7.81. The quantitative estimate of drug-likeness (QED) is 0.103. The second kappa shape index (κ2) is 9.19. The minimum absolute atomic E-state index is 1.04. The van der Waals surface area contributed by atoms with Gasteiger partial charge in [0, 0.05) is 6.42 Å². The third-order valence-corrected chi connectivity index (χ3v) is 5.36. The minimum atomic E-state index is -5.78. The van der Waals surface area contributed by atoms with Gasteiger partial charge in [0.1, 0.15) is 12.2 Å². The highest BCUT2D eigenvalue weighted by Crippen LogP contribution is 2.41. The summed E-state index contributed by atoms with van der Waals surface area (Å²) in [5.74, 6) is -3.50. The van der Waals surface area contributed by atoms with Crippen LogP contribution in [0.4, 0.5) is 0 Å². The first kappa shape index (κ1) is 27.6. The fourth-order valence-electron chi connectivity index (χ4n) is 2.36. The molecule has 24 heteroatoms. The largest absolute Gasteiger partial charge is 0.400 e. The van der Waals surface area contributed by atoms with Crippen LogP contribution in [-0.2, 0) is 73.9 Å². The van der Waals surface area contributed by atoms with Gasteiger partial charge >= 0.3 is 53.0 Å². The SMILES string of the molecule is O=S(O)O[C@@]1(OS(=O)(=O)O)CCC(OS(=O)(=O)O)[C@@H](OS(=O)(=O)O)C1OS(=O)(=O)O. The van der Waals surface area contributed by atoms with Crippen molar-refractivity contribution >= 4 is 53.0 Å². The van der Waals surface area contributed by atoms with Crippen LogP contribution < -0.4 is 0 Å². The van der Waals surface area contributed by atoms with E-state index >= 15 is 0 Å². The predicted molar refractivity (Wildman–Crippen MR) is 85.7 cm³/mol. The van der Waals surface area contributed by atoms with Crippen molar-refractivity contribution in [2.24, 2.45) is 0 Å². The molecule has 5 atom stereocenters. The molecule has 0 amide bonds. The van der Waals surface area contributed by atoms with Gasteiger partial charge in [0.2, 0.25) is 5.79 Å². The highest BCUT2D eigenvalue weighted by atomic mass is 32.3. The van der Waals surface area contributed by atoms with E-state index in [-0.39, 0.29) is 0 Å². The molecule has 5 N–H and O–H groups in total. The smallest absolute Gasteiger partial charge is 0.284 e. The average Bonchev–Trinajstić information content (AvgIpc) is 2.40. The summed E-state index contributed by atoms with van der Waals surface area (Å²) in [6.07, 6.45) is -10.6. The molecule has 0 aromatic rings. The van der Waals surface area contributed by atoms with Crippen LogP contribution in [0.3, 0.4) is 0 Å². The van der Waals surface area contributed by atoms with Gasteiger partial charge in [-0.3, -0.25) is 22.8 Å². The molecule has 0 saturated heterocycles. The highest BCUT2D eigenvalue weighted by Gasteiger charge is 2.60. The summed E-state index contributed by atoms with van der Waals surface area (Å²) >= 11 is -3.59. The fraction of sp³-hybridized carbons (Fsp3) is 1.00. The fourth-order valence-corrected chi connectivity index (χ4v) is 4.96. The molecule has 0 spiro atoms. The van der Waals surface area contributed by atoms with Crippen molar-refractivity contribution in [2.75, 3.05) is 0 Å². The van der Waals surface area contributed by atoms with Gasteiger partial charge in [0.05, 0.1) is 0 Å². The third kappa shape index (κ3) is 9.36. The second-order valence-corrected chi connectivity index (χ2v) is 9.92. The standard InChI is InChI=1S/C6H12O19S5/c7-26(8)24-6(25-30(18,19)20)2-1-3(21-27(9,10)11)4(22-28(12,13)14)5(6)23-29(15,16)17/h3-5H,1-2H2,(H,7,8)(H,9,10,11)(H,12,13,14)(H,15,16,17)(H,18,19,20)/t3?,4-,5?,6-/m1/s1. The van der Waals surface area contributed by atoms with Crippen LogP contribution in [0.15, 0.2) is 0 Å². The van der Waals surface area contributed by atoms with Gasteiger partial charge in [-0.15, -0.1) is 0 Å². The number of hydrogen-bond donors (Lipinski definition) is 5. The summed E-state index contributed by atoms with van der Waals surface area (Å²) in [4.78, 5) is 0. The Morgan fingerprint density at radius 3 is 1.60 bits per heavy atom. The summed E-state index contributed by atoms with van der Waals surface area (Å²) in [5.41, 5.74) is 0. The van der Waals surface area contributed by atoms with Crippen LogP contribution >= 0.6 is 0 Å². The van der Waals surface area contributed by atoms with E-state index < -0.39 is 89.9 Å². The maximum absolute atomic E-state index is 11.1. The maximum atomic E-state index is 11.1. The van der Waals surface area contributed by atoms with Crippen molar-refractivity contribution in [3.63, 3.8) is 0 Å². The van der Waals surface area contributed by atoms with Crippen LogP contribution in [-0.4, -0.2) is 84.7 Å². The summed E-state index contributed by atoms with van der Waals surface area (Å²) in [6.45, 7) is 0. The van der Waals surface area contributed by atoms with E-state index in [9.17, 15) is 37.9 Å². The lowest BCUT2D eigenvalue weighted by Gasteiger charge is -2.44. The Balaban J connectivity index is 3.74. The Labute approximate surface area is 171 Å². The van der Waals surface area contributed by atoms with Gasteiger partial charge in [-0.2, -0.15) is 37.9 Å². The molecule has 3 unspecified atom stereocenters. The second-order valence-electron chi connectivity index (χ2n) is 5.16. The molecule has 180 valence electrons. The Morgan fingerprint density at radius 1 is 0.767 bits per heavy atom. The zero-order valence-electron chi connectivity index (χ0n) is 13.6. The number of rotatable bonds is 10. The molecule has 1 saturated carbocycles. The number of hydrogen-bond acceptors (Lipinski definition) is 14. The van der Waals surface area contributed by atoms with Crippen molar-refractivity contribution in [3.05, 3.63) is 0 Å². The molecule has 0 bridgehead atoms. The Hall–Kier alpha value is -0.450. The first-order valence-corrected chi connectivity index (χ1v) is 13.1. The molecule has 0 aromatic carbocycles. The Kier molecular flexibility index (Phi) is 8.45. The van der Waals surface area contributed by atoms with Crippen molar-refractivity contribution in [3.8, 4) is 0 Å². The molecule has 0 heterocycles. The normalized spacial score (nSPS) is 30.1. The zero-order chi connectivity index (χ0) is 23.8. The van der Waals surface area contributed by atoms with E-state index in [2.05, 4.69) is 20.9 Å². The summed E-state index contributed by atoms with van der Waals surface area (Å²) < 4.78 is 164. The maximum Gasteiger partial charge on any atom is 0.400 e. The van der Waals surface area contributed by atoms with Crippen LogP contribution in [0.1, 0.15) is 12.8 Å². The third-order valence-electron chi connectivity index (χ3n) is 3.04. The first-order chi connectivity index (χ1) is 13.1. The molecule has 0 radical (unpaired) electrons. The van der Waals surface area contributed by atoms with Crippen molar-refractivity contribution in [1.82, 2.24) is 0 Å². The van der Waals surface area contributed by atoms with Crippen LogP contribution in [0.5, 0.6) is 0 Å². The summed E-state index contributed by atoms with van der Waals surface area (Å²) in [5, 5.41) is 0. The molecule has 1 aliphatic carbocycles. The molecule has 0 aliphatic heterocycles. The molecular formula is C6H12O19S5. The van der Waals surface area contributed by atoms with Crippen molar-refractivity contribution < 1.29 is 81.6 Å². The van der Waals surface area contributed by atoms with E-state index in [0.29, 0.717) is 0 Å². The summed E-state index contributed by atoms with van der Waals surface area (Å²) in [7, 11) is -22.7. The van der Waals surface area contributed by atoms with Gasteiger partial charge in [-0.05, 0) is 6.42 Å². The van der Waals surface area contributed by atoms with Gasteiger partial charge in [0.15, 0.2) is 6.10 Å². The monoisotopic (exact) mass is 548 g/mol. The molecule has 1 aliphatic rings. The summed E-state index contributed by atoms with van der Waals surface area (Å²) in [6, 6.07) is 0. The van der Waals surface area contributed by atoms with E-state index in [1.807, 2.05) is 0 Å². The van der Waals surface area contributed by atoms with Gasteiger partial charge < -0.3 is 0 Å². The van der Waals surface area contributed by atoms with Crippen molar-refractivity contribution in [2.45, 2.75) is 36.9 Å². The Morgan fingerprint density at radius 2 is 1.23 bits per heavy atom. The topological polar surface area (TPSA) is 301 Å². The predicted octanol–water partition coefficient (Wildman–Crippen LogP) is -2.99. The molecule has 1 fully saturated rings. The molecule has 1 rings (SSSR count). The van der Waals surface area contributed by atoms with Crippen LogP contribution in [0.2, 0.25) is 0 Å². The van der Waals surface area contributed by atoms with Gasteiger partial charge in [-0.25, -0.2) is 20.9 Å². The van der Waals surface area contributed by atoms with E-state index in [4.69, 9.17) is 22.8 Å². The van der Waals surface area contributed by atoms with E-state index in [0.717, 1.165) is 0 Å². The van der Waals surface area contributed by atoms with Crippen molar-refractivity contribution in [1.29, 1.82) is 0 Å². The molecular weight excluding hydrogens is 536 g/mol. The van der Waals surface area contributed by atoms with Gasteiger partial charge in [0.25, 0.3) is 0 Å². The van der Waals surface area contributed by atoms with E-state index in [1.165, 1.54) is 0 Å². The lowest BCUT2D eigenvalue weighted by molar-refractivity contribution is -0.235. The lowest BCUT2D eigenvalue weighted by atomic mass is 9.87. The average molecular weight is 548 g/mol. The van der Waals surface area contributed by atoms with Crippen LogP contribution in [0, 0.1) is 0 Å². The zero-order valence-corrected chi connectivity index (χ0v) is 17.7. The Bertz CT molecular complexity index is 1070. The first-order valence-electron chi connectivity index (χ1n) is 6.58. The van der Waals surface area contributed by atoms with Gasteiger partial charge in [-0.1, -0.05) is 0 Å². The molecule has 19 nitrogen and oxygen atoms in total. The minimum Gasteiger partial charge on any atom is -0.284 e. The lowest BCUT2D eigenvalue weighted by Crippen LogP contribution is -2.63. The molecule has 30 heavy (non-hydrogen) atoms.